The monoisotopic (exact) mass is 869 g/mol. The molecule has 0 saturated carbocycles. The van der Waals surface area contributed by atoms with Crippen molar-refractivity contribution in [2.75, 3.05) is 16.9 Å². The third-order valence-electron chi connectivity index (χ3n) is 10.2. The predicted octanol–water partition coefficient (Wildman–Crippen LogP) is 8.86. The van der Waals surface area contributed by atoms with E-state index in [1.807, 2.05) is 36.4 Å². The summed E-state index contributed by atoms with van der Waals surface area (Å²) in [7, 11) is 1.68. The average Bonchev–Trinajstić information content (AvgIpc) is 3.16. The molecule has 0 N–H and O–H groups in total. The molecule has 0 amide bonds. The van der Waals surface area contributed by atoms with E-state index in [-0.39, 0.29) is 27.8 Å². The number of rotatable bonds is 6. The molecule has 0 atom stereocenters. The van der Waals surface area contributed by atoms with E-state index < -0.39 is 0 Å². The van der Waals surface area contributed by atoms with Gasteiger partial charge in [-0.15, -0.1) is 47.4 Å². The SMILES string of the molecule is COc1ccnc(-c2[c-]c3c(cc2)N(c2c(C)cccc2C)c2cccc4c2B3c2[c-]c(Oc3ccccn3)ccc2N4c2c(C)cccc2C)c1.[Pt+2]. The van der Waals surface area contributed by atoms with Gasteiger partial charge in [0.15, 0.2) is 0 Å². The van der Waals surface area contributed by atoms with Gasteiger partial charge in [-0.1, -0.05) is 54.2 Å². The van der Waals surface area contributed by atoms with Crippen LogP contribution in [-0.2, 0) is 21.1 Å². The topological polar surface area (TPSA) is 50.7 Å². The second-order valence-electron chi connectivity index (χ2n) is 13.4. The number of fused-ring (bicyclic) bond motifs is 4. The molecule has 7 aromatic rings. The van der Waals surface area contributed by atoms with E-state index in [1.165, 1.54) is 27.7 Å². The number of anilines is 6. The number of benzene rings is 5. The summed E-state index contributed by atoms with van der Waals surface area (Å²) < 4.78 is 12.0. The molecule has 5 aromatic carbocycles. The molecule has 4 heterocycles. The first-order valence-corrected chi connectivity index (χ1v) is 17.5. The van der Waals surface area contributed by atoms with E-state index in [4.69, 9.17) is 14.5 Å². The van der Waals surface area contributed by atoms with Gasteiger partial charge in [0.2, 0.25) is 12.6 Å². The number of aryl methyl sites for hydroxylation is 4. The van der Waals surface area contributed by atoms with Crippen LogP contribution in [0, 0.1) is 39.8 Å². The van der Waals surface area contributed by atoms with Gasteiger partial charge in [0, 0.05) is 47.0 Å². The summed E-state index contributed by atoms with van der Waals surface area (Å²) in [4.78, 5) is 14.0. The van der Waals surface area contributed by atoms with Crippen molar-refractivity contribution >= 4 is 57.2 Å². The van der Waals surface area contributed by atoms with Gasteiger partial charge in [0.05, 0.1) is 7.11 Å². The first-order chi connectivity index (χ1) is 25.4. The Hall–Kier alpha value is -5.65. The van der Waals surface area contributed by atoms with Crippen LogP contribution >= 0.6 is 0 Å². The number of hydrogen-bond acceptors (Lipinski definition) is 6. The molecule has 2 aliphatic rings. The van der Waals surface area contributed by atoms with Crippen molar-refractivity contribution in [2.45, 2.75) is 27.7 Å². The van der Waals surface area contributed by atoms with Crippen molar-refractivity contribution in [2.24, 2.45) is 0 Å². The Labute approximate surface area is 325 Å². The van der Waals surface area contributed by atoms with Crippen LogP contribution in [0.4, 0.5) is 34.1 Å². The molecule has 53 heavy (non-hydrogen) atoms. The van der Waals surface area contributed by atoms with E-state index in [2.05, 4.69) is 127 Å². The van der Waals surface area contributed by atoms with Gasteiger partial charge >= 0.3 is 21.1 Å². The zero-order chi connectivity index (χ0) is 35.5. The van der Waals surface area contributed by atoms with Crippen molar-refractivity contribution in [3.8, 4) is 28.6 Å². The van der Waals surface area contributed by atoms with Crippen molar-refractivity contribution in [1.82, 2.24) is 9.97 Å². The Kier molecular flexibility index (Phi) is 8.92. The first kappa shape index (κ1) is 34.4. The number of methoxy groups -OCH3 is 1. The molecular weight excluding hydrogens is 834 g/mol. The van der Waals surface area contributed by atoms with Crippen LogP contribution in [0.15, 0.2) is 122 Å². The molecule has 8 heteroatoms. The quantitative estimate of drug-likeness (QED) is 0.123. The fraction of sp³-hybridized carbons (Fsp3) is 0.111. The predicted molar refractivity (Wildman–Crippen MR) is 211 cm³/mol. The molecule has 2 aliphatic heterocycles. The summed E-state index contributed by atoms with van der Waals surface area (Å²) >= 11 is 0. The standard InChI is InChI=1S/C45H35BN4O2.Pt/c1-28-11-8-12-29(2)44(28)49-38-20-18-32(37-27-33(51-5)22-24-47-37)25-35(38)46-36-26-34(52-42-17-6-7-23-48-42)19-21-39(36)50(41-16-10-15-40(49)43(41)46)45-30(3)13-9-14-31(45)4;/h6-24,27H,1-5H3;/q-2;+2. The van der Waals surface area contributed by atoms with E-state index in [0.29, 0.717) is 11.6 Å². The van der Waals surface area contributed by atoms with Gasteiger partial charge in [-0.25, -0.2) is 4.98 Å². The van der Waals surface area contributed by atoms with Crippen LogP contribution in [0.5, 0.6) is 17.4 Å². The van der Waals surface area contributed by atoms with Gasteiger partial charge < -0.3 is 24.3 Å². The molecule has 0 radical (unpaired) electrons. The summed E-state index contributed by atoms with van der Waals surface area (Å²) in [6.07, 6.45) is 3.52. The third kappa shape index (κ3) is 5.71. The maximum absolute atomic E-state index is 6.36. The Morgan fingerprint density at radius 2 is 1.19 bits per heavy atom. The minimum absolute atomic E-state index is 0. The summed E-state index contributed by atoms with van der Waals surface area (Å²) in [6.45, 7) is 8.54. The third-order valence-corrected chi connectivity index (χ3v) is 10.2. The fourth-order valence-electron chi connectivity index (χ4n) is 7.95. The van der Waals surface area contributed by atoms with Crippen LogP contribution in [0.2, 0.25) is 0 Å². The van der Waals surface area contributed by atoms with Gasteiger partial charge in [0.25, 0.3) is 0 Å². The van der Waals surface area contributed by atoms with Crippen molar-refractivity contribution in [1.29, 1.82) is 0 Å². The minimum atomic E-state index is -0.213. The minimum Gasteiger partial charge on any atom is -0.497 e. The number of aromatic nitrogens is 2. The van der Waals surface area contributed by atoms with Crippen LogP contribution in [0.3, 0.4) is 0 Å². The van der Waals surface area contributed by atoms with Crippen molar-refractivity contribution in [3.05, 3.63) is 156 Å². The first-order valence-electron chi connectivity index (χ1n) is 17.5. The second-order valence-corrected chi connectivity index (χ2v) is 13.4. The van der Waals surface area contributed by atoms with Gasteiger partial charge in [-0.05, 0) is 97.1 Å². The summed E-state index contributed by atoms with van der Waals surface area (Å²) in [5.74, 6) is 1.87. The maximum Gasteiger partial charge on any atom is 2.00 e. The largest absolute Gasteiger partial charge is 2.00 e. The Morgan fingerprint density at radius 1 is 0.585 bits per heavy atom. The van der Waals surface area contributed by atoms with E-state index in [0.717, 1.165) is 62.1 Å². The molecule has 9 rings (SSSR count). The maximum atomic E-state index is 6.36. The van der Waals surface area contributed by atoms with Crippen molar-refractivity contribution < 1.29 is 30.5 Å². The second kappa shape index (κ2) is 13.7. The number of nitrogens with zero attached hydrogens (tertiary/aromatic N) is 4. The number of para-hydroxylation sites is 2. The smallest absolute Gasteiger partial charge is 0.497 e. The molecule has 6 nitrogen and oxygen atoms in total. The average molecular weight is 870 g/mol. The molecular formula is C45H35BN4O2Pt. The zero-order valence-electron chi connectivity index (χ0n) is 30.0. The van der Waals surface area contributed by atoms with Gasteiger partial charge in [-0.3, -0.25) is 0 Å². The molecule has 0 bridgehead atoms. The Balaban J connectivity index is 0.00000400. The van der Waals surface area contributed by atoms with Gasteiger partial charge in [0.1, 0.15) is 5.75 Å². The summed E-state index contributed by atoms with van der Waals surface area (Å²) in [5, 5.41) is 0. The van der Waals surface area contributed by atoms with Gasteiger partial charge in [-0.2, -0.15) is 5.46 Å². The number of hydrogen-bond donors (Lipinski definition) is 0. The fourth-order valence-corrected chi connectivity index (χ4v) is 7.95. The Bertz CT molecular complexity index is 2470. The van der Waals surface area contributed by atoms with Crippen LogP contribution in [-0.4, -0.2) is 23.8 Å². The molecule has 0 unspecified atom stereocenters. The van der Waals surface area contributed by atoms with E-state index in [1.54, 1.807) is 19.5 Å². The van der Waals surface area contributed by atoms with E-state index >= 15 is 0 Å². The Morgan fingerprint density at radius 3 is 1.79 bits per heavy atom. The normalized spacial score (nSPS) is 12.4. The van der Waals surface area contributed by atoms with Crippen LogP contribution in [0.1, 0.15) is 22.3 Å². The molecule has 0 spiro atoms. The molecule has 0 aliphatic carbocycles. The molecule has 0 fully saturated rings. The van der Waals surface area contributed by atoms with Crippen molar-refractivity contribution in [3.63, 3.8) is 0 Å². The zero-order valence-corrected chi connectivity index (χ0v) is 32.3. The molecule has 2 aromatic heterocycles. The van der Waals surface area contributed by atoms with E-state index in [9.17, 15) is 0 Å². The van der Waals surface area contributed by atoms with Crippen LogP contribution < -0.4 is 35.7 Å². The number of pyridine rings is 2. The van der Waals surface area contributed by atoms with Crippen LogP contribution in [0.25, 0.3) is 11.3 Å². The summed E-state index contributed by atoms with van der Waals surface area (Å²) in [6, 6.07) is 45.4. The summed E-state index contributed by atoms with van der Waals surface area (Å²) in [5.41, 5.74) is 16.4. The number of ether oxygens (including phenoxy) is 2. The molecule has 260 valence electrons. The molecule has 0 saturated heterocycles.